The smallest absolute Gasteiger partial charge is 0.208 e. The Morgan fingerprint density at radius 2 is 2.04 bits per heavy atom. The Labute approximate surface area is 164 Å². The molecule has 0 spiro atoms. The number of nitrogens with two attached hydrogens (primary N) is 1. The summed E-state index contributed by atoms with van der Waals surface area (Å²) in [4.78, 5) is 29.4. The van der Waals surface area contributed by atoms with Crippen LogP contribution in [0.3, 0.4) is 0 Å². The van der Waals surface area contributed by atoms with Gasteiger partial charge in [-0.15, -0.1) is 11.3 Å². The maximum atomic E-state index is 13.1. The van der Waals surface area contributed by atoms with Gasteiger partial charge in [0.25, 0.3) is 0 Å². The number of hydrogen-bond donors (Lipinski definition) is 2. The van der Waals surface area contributed by atoms with Gasteiger partial charge in [-0.05, 0) is 44.4 Å². The van der Waals surface area contributed by atoms with Gasteiger partial charge in [-0.2, -0.15) is 0 Å². The number of Topliss-reactive ketones (excluding diaryl/α,β-unsaturated/α-hetero) is 1. The third-order valence-electron chi connectivity index (χ3n) is 5.57. The van der Waals surface area contributed by atoms with Crippen molar-refractivity contribution in [2.24, 2.45) is 11.1 Å². The number of aromatic nitrogens is 1. The summed E-state index contributed by atoms with van der Waals surface area (Å²) in [5, 5.41) is 3.97. The summed E-state index contributed by atoms with van der Waals surface area (Å²) >= 11 is 1.44. The number of fused-ring (bicyclic) bond motifs is 1. The Bertz CT molecular complexity index is 735. The lowest BCUT2D eigenvalue weighted by molar-refractivity contribution is -0.117. The zero-order chi connectivity index (χ0) is 19.1. The highest BCUT2D eigenvalue weighted by molar-refractivity contribution is 7.20. The normalized spacial score (nSPS) is 17.7. The van der Waals surface area contributed by atoms with E-state index in [1.54, 1.807) is 0 Å². The molecule has 1 heterocycles. The van der Waals surface area contributed by atoms with E-state index in [0.717, 1.165) is 61.4 Å². The van der Waals surface area contributed by atoms with Crippen LogP contribution in [-0.2, 0) is 4.79 Å². The Balaban J connectivity index is 1.73. The molecule has 1 aliphatic rings. The minimum absolute atomic E-state index is 0.0325. The molecule has 1 aromatic carbocycles. The number of unbranched alkanes of at least 4 members (excludes halogenated alkanes) is 1. The van der Waals surface area contributed by atoms with Gasteiger partial charge in [0.1, 0.15) is 6.29 Å². The number of hydrogen-bond acceptors (Lipinski definition) is 6. The van der Waals surface area contributed by atoms with Crippen molar-refractivity contribution in [3.63, 3.8) is 0 Å². The Hall–Kier alpha value is -1.63. The van der Waals surface area contributed by atoms with Crippen molar-refractivity contribution < 1.29 is 9.59 Å². The second-order valence-corrected chi connectivity index (χ2v) is 8.64. The predicted octanol–water partition coefficient (Wildman–Crippen LogP) is 3.72. The van der Waals surface area contributed by atoms with E-state index in [-0.39, 0.29) is 17.2 Å². The van der Waals surface area contributed by atoms with E-state index in [9.17, 15) is 9.59 Å². The van der Waals surface area contributed by atoms with E-state index in [1.807, 2.05) is 24.3 Å². The first-order valence-corrected chi connectivity index (χ1v) is 10.8. The first-order valence-electron chi connectivity index (χ1n) is 9.97. The van der Waals surface area contributed by atoms with Gasteiger partial charge in [0.2, 0.25) is 5.78 Å². The fraction of sp³-hybridized carbons (Fsp3) is 0.571. The summed E-state index contributed by atoms with van der Waals surface area (Å²) in [5.41, 5.74) is 6.17. The monoisotopic (exact) mass is 387 g/mol. The molecule has 1 aromatic heterocycles. The van der Waals surface area contributed by atoms with Gasteiger partial charge in [-0.25, -0.2) is 4.98 Å². The molecule has 27 heavy (non-hydrogen) atoms. The van der Waals surface area contributed by atoms with Crippen molar-refractivity contribution in [1.82, 2.24) is 10.3 Å². The van der Waals surface area contributed by atoms with E-state index in [0.29, 0.717) is 18.1 Å². The molecular weight excluding hydrogens is 358 g/mol. The summed E-state index contributed by atoms with van der Waals surface area (Å²) in [7, 11) is 0. The van der Waals surface area contributed by atoms with Gasteiger partial charge in [-0.3, -0.25) is 4.79 Å². The Kier molecular flexibility index (Phi) is 7.10. The highest BCUT2D eigenvalue weighted by Gasteiger charge is 2.33. The van der Waals surface area contributed by atoms with Crippen molar-refractivity contribution in [3.8, 4) is 0 Å². The van der Waals surface area contributed by atoms with E-state index in [2.05, 4.69) is 10.3 Å². The van der Waals surface area contributed by atoms with Crippen LogP contribution in [0.5, 0.6) is 0 Å². The number of aldehydes is 1. The zero-order valence-corrected chi connectivity index (χ0v) is 16.6. The first kappa shape index (κ1) is 20.1. The molecule has 0 bridgehead atoms. The molecule has 3 N–H and O–H groups in total. The van der Waals surface area contributed by atoms with Crippen molar-refractivity contribution in [3.05, 3.63) is 29.3 Å². The number of rotatable bonds is 10. The first-order chi connectivity index (χ1) is 13.2. The van der Waals surface area contributed by atoms with Crippen LogP contribution in [0, 0.1) is 5.41 Å². The van der Waals surface area contributed by atoms with Crippen LogP contribution in [0.15, 0.2) is 24.3 Å². The maximum absolute atomic E-state index is 13.1. The molecule has 3 rings (SSSR count). The number of carbonyl (C=O) groups excluding carboxylic acids is 2. The number of carbonyl (C=O) groups is 2. The van der Waals surface area contributed by atoms with Gasteiger partial charge in [-0.1, -0.05) is 37.8 Å². The van der Waals surface area contributed by atoms with E-state index in [4.69, 9.17) is 5.73 Å². The molecule has 0 amide bonds. The van der Waals surface area contributed by atoms with Crippen molar-refractivity contribution in [2.45, 2.75) is 57.4 Å². The van der Waals surface area contributed by atoms with Gasteiger partial charge in [0, 0.05) is 12.0 Å². The lowest BCUT2D eigenvalue weighted by Gasteiger charge is -2.33. The van der Waals surface area contributed by atoms with Gasteiger partial charge in [0.15, 0.2) is 5.01 Å². The average Bonchev–Trinajstić information content (AvgIpc) is 3.15. The van der Waals surface area contributed by atoms with E-state index in [1.165, 1.54) is 17.8 Å². The molecule has 6 heteroatoms. The van der Waals surface area contributed by atoms with Gasteiger partial charge >= 0.3 is 0 Å². The molecular formula is C21H29N3O2S. The lowest BCUT2D eigenvalue weighted by atomic mass is 9.75. The molecule has 1 unspecified atom stereocenters. The van der Waals surface area contributed by atoms with Crippen LogP contribution >= 0.6 is 11.3 Å². The Morgan fingerprint density at radius 1 is 1.26 bits per heavy atom. The van der Waals surface area contributed by atoms with Gasteiger partial charge in [0.05, 0.1) is 16.3 Å². The summed E-state index contributed by atoms with van der Waals surface area (Å²) in [6, 6.07) is 7.51. The van der Waals surface area contributed by atoms with Crippen LogP contribution in [-0.4, -0.2) is 36.2 Å². The SMILES string of the molecule is NCCCCC(NCC1(C=O)CCCCC1)C(=O)c1nc2ccccc2s1. The second kappa shape index (κ2) is 9.53. The standard InChI is InChI=1S/C21H29N3O2S/c22-13-7-4-9-17(23-14-21(15-25)11-5-1-6-12-21)19(26)20-24-16-8-2-3-10-18(16)27-20/h2-3,8,10,15,17,23H,1,4-7,9,11-14,22H2. The predicted molar refractivity (Wildman–Crippen MR) is 110 cm³/mol. The topological polar surface area (TPSA) is 85.1 Å². The molecule has 146 valence electrons. The van der Waals surface area contributed by atoms with Crippen LogP contribution in [0.1, 0.15) is 61.2 Å². The van der Waals surface area contributed by atoms with Crippen LogP contribution in [0.25, 0.3) is 10.2 Å². The van der Waals surface area contributed by atoms with Gasteiger partial charge < -0.3 is 15.8 Å². The fourth-order valence-corrected chi connectivity index (χ4v) is 4.82. The molecule has 5 nitrogen and oxygen atoms in total. The Morgan fingerprint density at radius 3 is 2.74 bits per heavy atom. The zero-order valence-electron chi connectivity index (χ0n) is 15.8. The van der Waals surface area contributed by atoms with Crippen LogP contribution in [0.4, 0.5) is 0 Å². The number of nitrogens with one attached hydrogen (secondary N) is 1. The van der Waals surface area contributed by atoms with Crippen molar-refractivity contribution in [2.75, 3.05) is 13.1 Å². The highest BCUT2D eigenvalue weighted by Crippen LogP contribution is 2.34. The largest absolute Gasteiger partial charge is 0.330 e. The molecule has 1 atom stereocenters. The van der Waals surface area contributed by atoms with Crippen molar-refractivity contribution in [1.29, 1.82) is 0 Å². The number of benzene rings is 1. The number of ketones is 1. The van der Waals surface area contributed by atoms with E-state index < -0.39 is 0 Å². The minimum Gasteiger partial charge on any atom is -0.330 e. The maximum Gasteiger partial charge on any atom is 0.208 e. The second-order valence-electron chi connectivity index (χ2n) is 7.61. The molecule has 1 fully saturated rings. The molecule has 2 aromatic rings. The van der Waals surface area contributed by atoms with Crippen LogP contribution < -0.4 is 11.1 Å². The highest BCUT2D eigenvalue weighted by atomic mass is 32.1. The molecule has 1 aliphatic carbocycles. The molecule has 0 saturated heterocycles. The average molecular weight is 388 g/mol. The third kappa shape index (κ3) is 5.00. The molecule has 1 saturated carbocycles. The van der Waals surface area contributed by atoms with Crippen molar-refractivity contribution >= 4 is 33.6 Å². The number of thiazole rings is 1. The lowest BCUT2D eigenvalue weighted by Crippen LogP contribution is -2.45. The number of nitrogens with zero attached hydrogens (tertiary/aromatic N) is 1. The molecule has 0 aliphatic heterocycles. The summed E-state index contributed by atoms with van der Waals surface area (Å²) in [6.07, 6.45) is 8.80. The molecule has 0 radical (unpaired) electrons. The van der Waals surface area contributed by atoms with Crippen LogP contribution in [0.2, 0.25) is 0 Å². The summed E-state index contributed by atoms with van der Waals surface area (Å²) < 4.78 is 1.03. The summed E-state index contributed by atoms with van der Waals surface area (Å²) in [6.45, 7) is 1.20. The fourth-order valence-electron chi connectivity index (χ4n) is 3.86. The minimum atomic E-state index is -0.321. The third-order valence-corrected chi connectivity index (χ3v) is 6.62. The quantitative estimate of drug-likeness (QED) is 0.369. The summed E-state index contributed by atoms with van der Waals surface area (Å²) in [5.74, 6) is 0.0325. The number of para-hydroxylation sites is 1. The van der Waals surface area contributed by atoms with E-state index >= 15 is 0 Å².